The van der Waals surface area contributed by atoms with Crippen LogP contribution in [0.3, 0.4) is 0 Å². The maximum atomic E-state index is 14.4. The molecule has 3 aromatic rings. The van der Waals surface area contributed by atoms with Gasteiger partial charge in [0.15, 0.2) is 0 Å². The number of amides is 1. The first-order chi connectivity index (χ1) is 15.0. The summed E-state index contributed by atoms with van der Waals surface area (Å²) in [4.78, 5) is 39.1. The molecule has 8 nitrogen and oxygen atoms in total. The number of anilines is 1. The maximum Gasteiger partial charge on any atom is 0.269 e. The van der Waals surface area contributed by atoms with Crippen LogP contribution < -0.4 is 15.8 Å². The molecule has 0 atom stereocenters. The van der Waals surface area contributed by atoms with Crippen LogP contribution in [0.25, 0.3) is 11.0 Å². The first-order valence-electron chi connectivity index (χ1n) is 10.4. The van der Waals surface area contributed by atoms with Crippen molar-refractivity contribution in [3.63, 3.8) is 0 Å². The summed E-state index contributed by atoms with van der Waals surface area (Å²) in [5.74, 6) is -1.05. The van der Waals surface area contributed by atoms with Crippen molar-refractivity contribution in [2.45, 2.75) is 19.9 Å². The summed E-state index contributed by atoms with van der Waals surface area (Å²) in [6.07, 6.45) is 0.682. The van der Waals surface area contributed by atoms with Crippen molar-refractivity contribution in [2.24, 2.45) is 0 Å². The van der Waals surface area contributed by atoms with Crippen molar-refractivity contribution in [3.05, 3.63) is 63.6 Å². The second kappa shape index (κ2) is 8.81. The normalized spacial score (nSPS) is 14.7. The number of rotatable bonds is 5. The number of pyridine rings is 3. The second-order valence-corrected chi connectivity index (χ2v) is 7.57. The lowest BCUT2D eigenvalue weighted by molar-refractivity contribution is 0.0957. The molecule has 0 unspecified atom stereocenters. The van der Waals surface area contributed by atoms with E-state index < -0.39 is 11.9 Å². The zero-order valence-electron chi connectivity index (χ0n) is 17.6. The van der Waals surface area contributed by atoms with Gasteiger partial charge in [-0.2, -0.15) is 4.39 Å². The number of hydrogen-bond acceptors (Lipinski definition) is 6. The van der Waals surface area contributed by atoms with Crippen LogP contribution in [0.4, 0.5) is 10.1 Å². The molecule has 1 amide bonds. The molecule has 1 aliphatic rings. The van der Waals surface area contributed by atoms with Gasteiger partial charge in [0.2, 0.25) is 5.95 Å². The van der Waals surface area contributed by atoms with E-state index in [0.717, 1.165) is 29.7 Å². The number of carbonyl (C=O) groups excluding carboxylic acids is 1. The van der Waals surface area contributed by atoms with E-state index in [-0.39, 0.29) is 11.3 Å². The zero-order valence-corrected chi connectivity index (χ0v) is 17.6. The highest BCUT2D eigenvalue weighted by atomic mass is 19.1. The average molecular weight is 424 g/mol. The van der Waals surface area contributed by atoms with Crippen LogP contribution in [0.1, 0.15) is 28.7 Å². The highest BCUT2D eigenvalue weighted by Crippen LogP contribution is 2.21. The molecule has 3 aromatic heterocycles. The number of nitrogens with one attached hydrogen (secondary N) is 2. The SMILES string of the molecule is CCc1cc2ccc(CN3CCN(c4ccc(C(=O)NC)nc4F)CC3)nc2[nH]c1=O. The predicted molar refractivity (Wildman–Crippen MR) is 117 cm³/mol. The van der Waals surface area contributed by atoms with Gasteiger partial charge in [0, 0.05) is 50.7 Å². The molecule has 4 heterocycles. The van der Waals surface area contributed by atoms with Gasteiger partial charge < -0.3 is 15.2 Å². The van der Waals surface area contributed by atoms with Gasteiger partial charge in [0.25, 0.3) is 11.5 Å². The number of aromatic nitrogens is 3. The molecule has 0 saturated carbocycles. The molecule has 0 radical (unpaired) electrons. The quantitative estimate of drug-likeness (QED) is 0.606. The van der Waals surface area contributed by atoms with Gasteiger partial charge in [0.05, 0.1) is 11.4 Å². The molecule has 1 fully saturated rings. The van der Waals surface area contributed by atoms with Crippen LogP contribution in [0.5, 0.6) is 0 Å². The van der Waals surface area contributed by atoms with E-state index in [1.807, 2.05) is 30.0 Å². The predicted octanol–water partition coefficient (Wildman–Crippen LogP) is 1.70. The topological polar surface area (TPSA) is 94.2 Å². The summed E-state index contributed by atoms with van der Waals surface area (Å²) in [5.41, 5.74) is 2.61. The van der Waals surface area contributed by atoms with Crippen LogP contribution >= 0.6 is 0 Å². The van der Waals surface area contributed by atoms with Crippen LogP contribution in [-0.2, 0) is 13.0 Å². The highest BCUT2D eigenvalue weighted by molar-refractivity contribution is 5.92. The Bertz CT molecular complexity index is 1170. The summed E-state index contributed by atoms with van der Waals surface area (Å²) in [6, 6.07) is 9.00. The molecule has 9 heteroatoms. The third-order valence-corrected chi connectivity index (χ3v) is 5.61. The Morgan fingerprint density at radius 2 is 1.94 bits per heavy atom. The largest absolute Gasteiger partial charge is 0.365 e. The first-order valence-corrected chi connectivity index (χ1v) is 10.4. The second-order valence-electron chi connectivity index (χ2n) is 7.57. The monoisotopic (exact) mass is 424 g/mol. The van der Waals surface area contributed by atoms with Gasteiger partial charge in [-0.25, -0.2) is 9.97 Å². The fourth-order valence-corrected chi connectivity index (χ4v) is 3.81. The molecule has 1 aliphatic heterocycles. The van der Waals surface area contributed by atoms with Crippen molar-refractivity contribution in [1.29, 1.82) is 0 Å². The number of halogens is 1. The fraction of sp³-hybridized carbons (Fsp3) is 0.364. The lowest BCUT2D eigenvalue weighted by Crippen LogP contribution is -2.46. The Morgan fingerprint density at radius 1 is 1.16 bits per heavy atom. The Balaban J connectivity index is 1.41. The van der Waals surface area contributed by atoms with E-state index in [2.05, 4.69) is 25.2 Å². The third-order valence-electron chi connectivity index (χ3n) is 5.61. The summed E-state index contributed by atoms with van der Waals surface area (Å²) in [6.45, 7) is 5.36. The van der Waals surface area contributed by atoms with Gasteiger partial charge >= 0.3 is 0 Å². The summed E-state index contributed by atoms with van der Waals surface area (Å²) >= 11 is 0. The Morgan fingerprint density at radius 3 is 2.61 bits per heavy atom. The van der Waals surface area contributed by atoms with E-state index in [0.29, 0.717) is 37.4 Å². The van der Waals surface area contributed by atoms with Gasteiger partial charge in [-0.1, -0.05) is 6.92 Å². The number of fused-ring (bicyclic) bond motifs is 1. The highest BCUT2D eigenvalue weighted by Gasteiger charge is 2.21. The molecule has 4 rings (SSSR count). The van der Waals surface area contributed by atoms with Crippen LogP contribution in [0.15, 0.2) is 35.1 Å². The first kappa shape index (κ1) is 20.9. The molecule has 31 heavy (non-hydrogen) atoms. The van der Waals surface area contributed by atoms with Crippen LogP contribution in [0.2, 0.25) is 0 Å². The smallest absolute Gasteiger partial charge is 0.269 e. The van der Waals surface area contributed by atoms with Crippen molar-refractivity contribution >= 4 is 22.6 Å². The Hall–Kier alpha value is -3.33. The summed E-state index contributed by atoms with van der Waals surface area (Å²) in [7, 11) is 1.49. The van der Waals surface area contributed by atoms with E-state index >= 15 is 0 Å². The number of aromatic amines is 1. The van der Waals surface area contributed by atoms with Crippen molar-refractivity contribution in [2.75, 3.05) is 38.1 Å². The molecule has 0 aliphatic carbocycles. The molecular weight excluding hydrogens is 399 g/mol. The van der Waals surface area contributed by atoms with Gasteiger partial charge in [-0.05, 0) is 36.8 Å². The number of H-pyrrole nitrogens is 1. The van der Waals surface area contributed by atoms with Crippen LogP contribution in [-0.4, -0.2) is 59.0 Å². The van der Waals surface area contributed by atoms with Crippen LogP contribution in [0, 0.1) is 5.95 Å². The average Bonchev–Trinajstić information content (AvgIpc) is 2.78. The zero-order chi connectivity index (χ0) is 22.0. The Labute approximate surface area is 179 Å². The minimum absolute atomic E-state index is 0.0638. The fourth-order valence-electron chi connectivity index (χ4n) is 3.81. The standard InChI is InChI=1S/C22H25FN6O2/c1-3-14-12-15-4-5-16(25-20(15)27-21(14)30)13-28-8-10-29(11-9-28)18-7-6-17(22(31)24-2)26-19(18)23/h4-7,12H,3,8-11,13H2,1-2H3,(H,24,31)(H,25,27,30). The Kier molecular flexibility index (Phi) is 5.94. The van der Waals surface area contributed by atoms with E-state index in [1.165, 1.54) is 13.1 Å². The van der Waals surface area contributed by atoms with Gasteiger partial charge in [-0.3, -0.25) is 14.5 Å². The van der Waals surface area contributed by atoms with Gasteiger partial charge in [-0.15, -0.1) is 0 Å². The lowest BCUT2D eigenvalue weighted by Gasteiger charge is -2.35. The molecule has 2 N–H and O–H groups in total. The van der Waals surface area contributed by atoms with Crippen molar-refractivity contribution in [3.8, 4) is 0 Å². The minimum Gasteiger partial charge on any atom is -0.365 e. The molecular formula is C22H25FN6O2. The number of nitrogens with zero attached hydrogens (tertiary/aromatic N) is 4. The van der Waals surface area contributed by atoms with Crippen molar-refractivity contribution in [1.82, 2.24) is 25.2 Å². The molecule has 1 saturated heterocycles. The summed E-state index contributed by atoms with van der Waals surface area (Å²) in [5, 5.41) is 3.37. The lowest BCUT2D eigenvalue weighted by atomic mass is 10.1. The molecule has 162 valence electrons. The molecule has 0 aromatic carbocycles. The van der Waals surface area contributed by atoms with E-state index in [4.69, 9.17) is 0 Å². The number of aryl methyl sites for hydroxylation is 1. The maximum absolute atomic E-state index is 14.4. The third kappa shape index (κ3) is 4.41. The summed E-state index contributed by atoms with van der Waals surface area (Å²) < 4.78 is 14.4. The number of carbonyl (C=O) groups is 1. The number of hydrogen-bond donors (Lipinski definition) is 2. The van der Waals surface area contributed by atoms with E-state index in [1.54, 1.807) is 6.07 Å². The van der Waals surface area contributed by atoms with Gasteiger partial charge in [0.1, 0.15) is 11.3 Å². The van der Waals surface area contributed by atoms with E-state index in [9.17, 15) is 14.0 Å². The number of piperazine rings is 1. The molecule has 0 bridgehead atoms. The van der Waals surface area contributed by atoms with Crippen molar-refractivity contribution < 1.29 is 9.18 Å². The molecule has 0 spiro atoms. The minimum atomic E-state index is -0.638.